The van der Waals surface area contributed by atoms with Gasteiger partial charge in [0.2, 0.25) is 5.91 Å². The number of hydrogen-bond acceptors (Lipinski definition) is 3. The third-order valence-corrected chi connectivity index (χ3v) is 3.39. The van der Waals surface area contributed by atoms with Crippen molar-refractivity contribution >= 4 is 11.6 Å². The molecule has 0 aliphatic carbocycles. The lowest BCUT2D eigenvalue weighted by Gasteiger charge is -2.22. The highest BCUT2D eigenvalue weighted by Gasteiger charge is 2.17. The number of carbonyl (C=O) groups is 1. The second-order valence-corrected chi connectivity index (χ2v) is 5.04. The average molecular weight is 280 g/mol. The van der Waals surface area contributed by atoms with Gasteiger partial charge in [-0.3, -0.25) is 4.79 Å². The van der Waals surface area contributed by atoms with E-state index in [-0.39, 0.29) is 11.7 Å². The zero-order chi connectivity index (χ0) is 14.4. The molecule has 1 heterocycles. The molecule has 0 bridgehead atoms. The molecule has 2 rings (SSSR count). The first-order valence-corrected chi connectivity index (χ1v) is 7.12. The maximum atomic E-state index is 13.7. The fourth-order valence-electron chi connectivity index (χ4n) is 2.42. The summed E-state index contributed by atoms with van der Waals surface area (Å²) in [5.41, 5.74) is 0.472. The summed E-state index contributed by atoms with van der Waals surface area (Å²) < 4.78 is 18.8. The number of benzene rings is 1. The Morgan fingerprint density at radius 2 is 2.40 bits per heavy atom. The first kappa shape index (κ1) is 14.8. The van der Waals surface area contributed by atoms with E-state index in [0.717, 1.165) is 25.9 Å². The summed E-state index contributed by atoms with van der Waals surface area (Å²) in [6.07, 6.45) is 2.65. The van der Waals surface area contributed by atoms with Gasteiger partial charge in [0.15, 0.2) is 11.6 Å². The largest absolute Gasteiger partial charge is 0.491 e. The summed E-state index contributed by atoms with van der Waals surface area (Å²) in [5, 5.41) is 6.02. The Labute approximate surface area is 118 Å². The molecule has 1 atom stereocenters. The van der Waals surface area contributed by atoms with Gasteiger partial charge in [0.05, 0.1) is 6.61 Å². The van der Waals surface area contributed by atoms with Gasteiger partial charge in [-0.25, -0.2) is 4.39 Å². The van der Waals surface area contributed by atoms with Crippen LogP contribution in [0.3, 0.4) is 0 Å². The molecule has 1 fully saturated rings. The van der Waals surface area contributed by atoms with Crippen LogP contribution in [0.25, 0.3) is 0 Å². The highest BCUT2D eigenvalue weighted by atomic mass is 19.1. The molecule has 0 radical (unpaired) electrons. The molecule has 1 unspecified atom stereocenters. The first-order chi connectivity index (χ1) is 9.69. The minimum atomic E-state index is -0.455. The van der Waals surface area contributed by atoms with Gasteiger partial charge in [-0.1, -0.05) is 0 Å². The van der Waals surface area contributed by atoms with E-state index in [1.54, 1.807) is 13.0 Å². The van der Waals surface area contributed by atoms with Crippen molar-refractivity contribution < 1.29 is 13.9 Å². The van der Waals surface area contributed by atoms with Crippen molar-refractivity contribution in [2.45, 2.75) is 26.2 Å². The van der Waals surface area contributed by atoms with Crippen molar-refractivity contribution in [2.75, 3.05) is 25.0 Å². The van der Waals surface area contributed by atoms with E-state index in [4.69, 9.17) is 4.74 Å². The van der Waals surface area contributed by atoms with Crippen molar-refractivity contribution in [3.63, 3.8) is 0 Å². The monoisotopic (exact) mass is 280 g/mol. The summed E-state index contributed by atoms with van der Waals surface area (Å²) >= 11 is 0. The molecule has 0 aromatic heterocycles. The predicted octanol–water partition coefficient (Wildman–Crippen LogP) is 2.55. The number of hydrogen-bond donors (Lipinski definition) is 2. The van der Waals surface area contributed by atoms with Crippen molar-refractivity contribution in [3.05, 3.63) is 24.0 Å². The lowest BCUT2D eigenvalue weighted by molar-refractivity contribution is -0.117. The van der Waals surface area contributed by atoms with E-state index >= 15 is 0 Å². The van der Waals surface area contributed by atoms with E-state index in [2.05, 4.69) is 10.6 Å². The predicted molar refractivity (Wildman–Crippen MR) is 76.4 cm³/mol. The van der Waals surface area contributed by atoms with Gasteiger partial charge in [-0.05, 0) is 50.9 Å². The number of ether oxygens (including phenoxy) is 1. The smallest absolute Gasteiger partial charge is 0.224 e. The number of halogens is 1. The van der Waals surface area contributed by atoms with Crippen LogP contribution < -0.4 is 15.4 Å². The van der Waals surface area contributed by atoms with Crippen LogP contribution in [0.4, 0.5) is 10.1 Å². The zero-order valence-corrected chi connectivity index (χ0v) is 11.7. The van der Waals surface area contributed by atoms with E-state index < -0.39 is 5.82 Å². The summed E-state index contributed by atoms with van der Waals surface area (Å²) in [6.45, 7) is 4.12. The number of piperidine rings is 1. The van der Waals surface area contributed by atoms with Gasteiger partial charge in [0, 0.05) is 18.2 Å². The number of carbonyl (C=O) groups excluding carboxylic acids is 1. The minimum absolute atomic E-state index is 0.0674. The molecular weight excluding hydrogens is 259 g/mol. The maximum Gasteiger partial charge on any atom is 0.224 e. The highest BCUT2D eigenvalue weighted by molar-refractivity contribution is 5.90. The Morgan fingerprint density at radius 3 is 3.05 bits per heavy atom. The van der Waals surface area contributed by atoms with Crippen molar-refractivity contribution in [1.82, 2.24) is 5.32 Å². The molecule has 0 spiro atoms. The minimum Gasteiger partial charge on any atom is -0.491 e. The summed E-state index contributed by atoms with van der Waals surface area (Å²) in [5.74, 6) is 0.0597. The van der Waals surface area contributed by atoms with Crippen LogP contribution in [0.15, 0.2) is 18.2 Å². The molecule has 0 saturated carbocycles. The summed E-state index contributed by atoms with van der Waals surface area (Å²) in [4.78, 5) is 11.9. The Morgan fingerprint density at radius 1 is 1.55 bits per heavy atom. The number of anilines is 1. The van der Waals surface area contributed by atoms with Crippen molar-refractivity contribution in [3.8, 4) is 5.75 Å². The highest BCUT2D eigenvalue weighted by Crippen LogP contribution is 2.22. The molecule has 1 aliphatic rings. The fraction of sp³-hybridized carbons (Fsp3) is 0.533. The van der Waals surface area contributed by atoms with Gasteiger partial charge in [-0.2, -0.15) is 0 Å². The second-order valence-electron chi connectivity index (χ2n) is 5.04. The van der Waals surface area contributed by atoms with Gasteiger partial charge in [0.1, 0.15) is 0 Å². The second kappa shape index (κ2) is 7.24. The third kappa shape index (κ3) is 4.20. The van der Waals surface area contributed by atoms with E-state index in [1.807, 2.05) is 0 Å². The quantitative estimate of drug-likeness (QED) is 0.871. The Balaban J connectivity index is 1.88. The van der Waals surface area contributed by atoms with Gasteiger partial charge in [-0.15, -0.1) is 0 Å². The molecule has 1 aromatic rings. The molecule has 20 heavy (non-hydrogen) atoms. The first-order valence-electron chi connectivity index (χ1n) is 7.12. The SMILES string of the molecule is CCOc1ccc(NC(=O)CC2CCCNC2)cc1F. The van der Waals surface area contributed by atoms with Crippen LogP contribution in [-0.4, -0.2) is 25.6 Å². The molecule has 1 amide bonds. The molecule has 4 nitrogen and oxygen atoms in total. The lowest BCUT2D eigenvalue weighted by atomic mass is 9.96. The summed E-state index contributed by atoms with van der Waals surface area (Å²) in [7, 11) is 0. The fourth-order valence-corrected chi connectivity index (χ4v) is 2.42. The molecule has 5 heteroatoms. The van der Waals surface area contributed by atoms with Gasteiger partial charge >= 0.3 is 0 Å². The zero-order valence-electron chi connectivity index (χ0n) is 11.7. The Kier molecular flexibility index (Phi) is 5.35. The molecule has 1 aliphatic heterocycles. The normalized spacial score (nSPS) is 18.6. The number of amides is 1. The molecule has 110 valence electrons. The van der Waals surface area contributed by atoms with Crippen molar-refractivity contribution in [2.24, 2.45) is 5.92 Å². The molecule has 1 saturated heterocycles. The topological polar surface area (TPSA) is 50.4 Å². The molecule has 1 aromatic carbocycles. The number of rotatable bonds is 5. The average Bonchev–Trinajstić information content (AvgIpc) is 2.43. The van der Waals surface area contributed by atoms with E-state index in [0.29, 0.717) is 24.6 Å². The molecular formula is C15H21FN2O2. The molecule has 2 N–H and O–H groups in total. The standard InChI is InChI=1S/C15H21FN2O2/c1-2-20-14-6-5-12(9-13(14)16)18-15(19)8-11-4-3-7-17-10-11/h5-6,9,11,17H,2-4,7-8,10H2,1H3,(H,18,19). The maximum absolute atomic E-state index is 13.7. The van der Waals surface area contributed by atoms with Crippen LogP contribution >= 0.6 is 0 Å². The third-order valence-electron chi connectivity index (χ3n) is 3.39. The van der Waals surface area contributed by atoms with Crippen LogP contribution in [0.1, 0.15) is 26.2 Å². The Bertz CT molecular complexity index is 459. The lowest BCUT2D eigenvalue weighted by Crippen LogP contribution is -2.32. The van der Waals surface area contributed by atoms with Crippen molar-refractivity contribution in [1.29, 1.82) is 0 Å². The van der Waals surface area contributed by atoms with Gasteiger partial charge in [0.25, 0.3) is 0 Å². The summed E-state index contributed by atoms with van der Waals surface area (Å²) in [6, 6.07) is 4.49. The van der Waals surface area contributed by atoms with Crippen LogP contribution in [0.2, 0.25) is 0 Å². The Hall–Kier alpha value is -1.62. The van der Waals surface area contributed by atoms with E-state index in [9.17, 15) is 9.18 Å². The van der Waals surface area contributed by atoms with Gasteiger partial charge < -0.3 is 15.4 Å². The van der Waals surface area contributed by atoms with Crippen LogP contribution in [-0.2, 0) is 4.79 Å². The van der Waals surface area contributed by atoms with Crippen LogP contribution in [0, 0.1) is 11.7 Å². The van der Waals surface area contributed by atoms with Crippen LogP contribution in [0.5, 0.6) is 5.75 Å². The van der Waals surface area contributed by atoms with E-state index in [1.165, 1.54) is 12.1 Å². The number of nitrogens with one attached hydrogen (secondary N) is 2.